The van der Waals surface area contributed by atoms with Gasteiger partial charge in [0.15, 0.2) is 0 Å². The third-order valence-corrected chi connectivity index (χ3v) is 6.04. The Hall–Kier alpha value is -2.04. The summed E-state index contributed by atoms with van der Waals surface area (Å²) in [4.78, 5) is 29.0. The fraction of sp³-hybridized carbons (Fsp3) is 0.600. The SMILES string of the molecule is CC(c1ccccc1)N1C(=O)C[C@H]2[C@@H]1CCN2C(=O)OC1CCCC1. The molecule has 1 unspecified atom stereocenters. The van der Waals surface area contributed by atoms with E-state index >= 15 is 0 Å². The lowest BCUT2D eigenvalue weighted by atomic mass is 10.0. The molecule has 0 radical (unpaired) electrons. The van der Waals surface area contributed by atoms with E-state index in [0.717, 1.165) is 37.7 Å². The Balaban J connectivity index is 1.46. The van der Waals surface area contributed by atoms with E-state index in [2.05, 4.69) is 19.1 Å². The fourth-order valence-corrected chi connectivity index (χ4v) is 4.72. The lowest BCUT2D eigenvalue weighted by molar-refractivity contribution is -0.131. The molecule has 3 aliphatic rings. The standard InChI is InChI=1S/C20H26N2O3/c1-14(15-7-3-2-4-8-15)22-17-11-12-21(18(17)13-19(22)23)20(24)25-16-9-5-6-10-16/h2-4,7-8,14,16-18H,5-6,9-13H2,1H3/t14?,17-,18-/m0/s1. The van der Waals surface area contributed by atoms with E-state index < -0.39 is 0 Å². The molecule has 0 N–H and O–H groups in total. The van der Waals surface area contributed by atoms with E-state index in [1.165, 1.54) is 0 Å². The zero-order valence-corrected chi connectivity index (χ0v) is 14.8. The maximum absolute atomic E-state index is 12.7. The molecule has 4 rings (SSSR count). The van der Waals surface area contributed by atoms with Gasteiger partial charge in [-0.1, -0.05) is 30.3 Å². The van der Waals surface area contributed by atoms with E-state index in [9.17, 15) is 9.59 Å². The van der Waals surface area contributed by atoms with E-state index in [-0.39, 0.29) is 36.2 Å². The van der Waals surface area contributed by atoms with Gasteiger partial charge in [-0.3, -0.25) is 4.79 Å². The topological polar surface area (TPSA) is 49.9 Å². The molecule has 2 aliphatic heterocycles. The summed E-state index contributed by atoms with van der Waals surface area (Å²) in [5, 5.41) is 0. The van der Waals surface area contributed by atoms with Crippen molar-refractivity contribution in [1.82, 2.24) is 9.80 Å². The maximum Gasteiger partial charge on any atom is 0.410 e. The van der Waals surface area contributed by atoms with Crippen LogP contribution in [0.2, 0.25) is 0 Å². The maximum atomic E-state index is 12.7. The summed E-state index contributed by atoms with van der Waals surface area (Å²) >= 11 is 0. The summed E-state index contributed by atoms with van der Waals surface area (Å²) in [5.41, 5.74) is 1.14. The molecule has 0 aromatic heterocycles. The van der Waals surface area contributed by atoms with Crippen molar-refractivity contribution in [1.29, 1.82) is 0 Å². The smallest absolute Gasteiger partial charge is 0.410 e. The Morgan fingerprint density at radius 3 is 2.56 bits per heavy atom. The minimum Gasteiger partial charge on any atom is -0.446 e. The summed E-state index contributed by atoms with van der Waals surface area (Å²) in [7, 11) is 0. The van der Waals surface area contributed by atoms with Crippen molar-refractivity contribution in [2.75, 3.05) is 6.54 Å². The first-order valence-corrected chi connectivity index (χ1v) is 9.48. The predicted molar refractivity (Wildman–Crippen MR) is 94.0 cm³/mol. The highest BCUT2D eigenvalue weighted by molar-refractivity contribution is 5.82. The minimum atomic E-state index is -0.221. The van der Waals surface area contributed by atoms with Crippen LogP contribution in [-0.2, 0) is 9.53 Å². The highest BCUT2D eigenvalue weighted by Crippen LogP contribution is 2.38. The molecule has 5 heteroatoms. The van der Waals surface area contributed by atoms with Gasteiger partial charge in [0.2, 0.25) is 5.91 Å². The van der Waals surface area contributed by atoms with Gasteiger partial charge in [0.1, 0.15) is 6.10 Å². The second kappa shape index (κ2) is 6.70. The third kappa shape index (κ3) is 3.00. The van der Waals surface area contributed by atoms with Crippen LogP contribution in [0.4, 0.5) is 4.79 Å². The Kier molecular flexibility index (Phi) is 4.40. The average molecular weight is 342 g/mol. The quantitative estimate of drug-likeness (QED) is 0.845. The molecule has 2 saturated heterocycles. The van der Waals surface area contributed by atoms with E-state index in [4.69, 9.17) is 4.74 Å². The van der Waals surface area contributed by atoms with Crippen molar-refractivity contribution in [3.63, 3.8) is 0 Å². The molecule has 3 fully saturated rings. The number of amides is 2. The van der Waals surface area contributed by atoms with Gasteiger partial charge in [-0.25, -0.2) is 4.79 Å². The molecule has 1 aliphatic carbocycles. The number of likely N-dealkylation sites (tertiary alicyclic amines) is 2. The molecule has 0 bridgehead atoms. The van der Waals surface area contributed by atoms with Crippen LogP contribution in [-0.4, -0.2) is 46.5 Å². The molecule has 1 aromatic rings. The molecule has 25 heavy (non-hydrogen) atoms. The molecule has 0 spiro atoms. The van der Waals surface area contributed by atoms with Gasteiger partial charge in [0, 0.05) is 13.0 Å². The number of carbonyl (C=O) groups excluding carboxylic acids is 2. The molecule has 5 nitrogen and oxygen atoms in total. The van der Waals surface area contributed by atoms with Crippen LogP contribution in [0.1, 0.15) is 57.1 Å². The number of hydrogen-bond donors (Lipinski definition) is 0. The molecule has 2 amide bonds. The number of fused-ring (bicyclic) bond motifs is 1. The number of hydrogen-bond acceptors (Lipinski definition) is 3. The monoisotopic (exact) mass is 342 g/mol. The van der Waals surface area contributed by atoms with Crippen molar-refractivity contribution in [3.05, 3.63) is 35.9 Å². The van der Waals surface area contributed by atoms with Crippen LogP contribution in [0.3, 0.4) is 0 Å². The first-order valence-electron chi connectivity index (χ1n) is 9.48. The van der Waals surface area contributed by atoms with Crippen molar-refractivity contribution in [2.24, 2.45) is 0 Å². The largest absolute Gasteiger partial charge is 0.446 e. The predicted octanol–water partition coefficient (Wildman–Crippen LogP) is 3.50. The number of ether oxygens (including phenoxy) is 1. The van der Waals surface area contributed by atoms with Crippen molar-refractivity contribution in [3.8, 4) is 0 Å². The molecule has 2 heterocycles. The fourth-order valence-electron chi connectivity index (χ4n) is 4.72. The Morgan fingerprint density at radius 2 is 1.84 bits per heavy atom. The summed E-state index contributed by atoms with van der Waals surface area (Å²) in [6.07, 6.45) is 5.35. The van der Waals surface area contributed by atoms with E-state index in [1.807, 2.05) is 23.1 Å². The first kappa shape index (κ1) is 16.4. The number of nitrogens with zero attached hydrogens (tertiary/aromatic N) is 2. The Bertz CT molecular complexity index is 642. The second-order valence-corrected chi connectivity index (χ2v) is 7.50. The van der Waals surface area contributed by atoms with Gasteiger partial charge in [0.25, 0.3) is 0 Å². The normalized spacial score (nSPS) is 27.6. The Morgan fingerprint density at radius 1 is 1.12 bits per heavy atom. The molecule has 1 aromatic carbocycles. The third-order valence-electron chi connectivity index (χ3n) is 6.04. The van der Waals surface area contributed by atoms with Crippen molar-refractivity contribution >= 4 is 12.0 Å². The van der Waals surface area contributed by atoms with Gasteiger partial charge < -0.3 is 14.5 Å². The van der Waals surface area contributed by atoms with Crippen LogP contribution in [0.25, 0.3) is 0 Å². The molecule has 3 atom stereocenters. The van der Waals surface area contributed by atoms with Gasteiger partial charge >= 0.3 is 6.09 Å². The summed E-state index contributed by atoms with van der Waals surface area (Å²) in [6.45, 7) is 2.77. The minimum absolute atomic E-state index is 0.0347. The Labute approximate surface area is 148 Å². The average Bonchev–Trinajstić information content (AvgIpc) is 3.32. The lowest BCUT2D eigenvalue weighted by Gasteiger charge is -2.31. The molecular formula is C20H26N2O3. The van der Waals surface area contributed by atoms with Crippen LogP contribution >= 0.6 is 0 Å². The van der Waals surface area contributed by atoms with Gasteiger partial charge in [-0.15, -0.1) is 0 Å². The van der Waals surface area contributed by atoms with E-state index in [0.29, 0.717) is 13.0 Å². The number of rotatable bonds is 3. The van der Waals surface area contributed by atoms with Gasteiger partial charge in [-0.05, 0) is 44.6 Å². The van der Waals surface area contributed by atoms with E-state index in [1.54, 1.807) is 4.90 Å². The lowest BCUT2D eigenvalue weighted by Crippen LogP contribution is -2.41. The zero-order valence-electron chi connectivity index (χ0n) is 14.8. The number of carbonyl (C=O) groups is 2. The van der Waals surface area contributed by atoms with Crippen LogP contribution < -0.4 is 0 Å². The molecular weight excluding hydrogens is 316 g/mol. The van der Waals surface area contributed by atoms with Gasteiger partial charge in [0.05, 0.1) is 18.1 Å². The molecule has 1 saturated carbocycles. The zero-order chi connectivity index (χ0) is 17.4. The van der Waals surface area contributed by atoms with Crippen LogP contribution in [0, 0.1) is 0 Å². The second-order valence-electron chi connectivity index (χ2n) is 7.50. The summed E-state index contributed by atoms with van der Waals surface area (Å²) in [6, 6.07) is 10.2. The summed E-state index contributed by atoms with van der Waals surface area (Å²) in [5.74, 6) is 0.143. The van der Waals surface area contributed by atoms with Crippen LogP contribution in [0.15, 0.2) is 30.3 Å². The van der Waals surface area contributed by atoms with Crippen molar-refractivity contribution < 1.29 is 14.3 Å². The number of benzene rings is 1. The van der Waals surface area contributed by atoms with Gasteiger partial charge in [-0.2, -0.15) is 0 Å². The van der Waals surface area contributed by atoms with Crippen LogP contribution in [0.5, 0.6) is 0 Å². The summed E-state index contributed by atoms with van der Waals surface area (Å²) < 4.78 is 5.68. The highest BCUT2D eigenvalue weighted by atomic mass is 16.6. The highest BCUT2D eigenvalue weighted by Gasteiger charge is 2.50. The first-order chi connectivity index (χ1) is 12.1. The van der Waals surface area contributed by atoms with Crippen molar-refractivity contribution in [2.45, 2.75) is 69.7 Å². The molecule has 134 valence electrons.